The van der Waals surface area contributed by atoms with E-state index in [0.29, 0.717) is 22.6 Å². The standard InChI is InChI=1S/C22H19ClN4O5S/c1-12-5-4-6-16(11-12)27-21(28)18(23)19(22(27)29)24-15-7-9-17(10-8-15)33(30,31)26-20-13(2)14(3)25-32-20/h4-11,24,26H,1-3H3. The van der Waals surface area contributed by atoms with Gasteiger partial charge < -0.3 is 9.84 Å². The molecule has 1 aliphatic heterocycles. The molecule has 170 valence electrons. The van der Waals surface area contributed by atoms with Crippen LogP contribution in [0.4, 0.5) is 17.3 Å². The average Bonchev–Trinajstić information content (AvgIpc) is 3.19. The van der Waals surface area contributed by atoms with E-state index in [0.717, 1.165) is 10.5 Å². The van der Waals surface area contributed by atoms with Crippen LogP contribution < -0.4 is 14.9 Å². The summed E-state index contributed by atoms with van der Waals surface area (Å²) in [7, 11) is -3.92. The first-order chi connectivity index (χ1) is 15.6. The largest absolute Gasteiger partial charge is 0.350 e. The molecular formula is C22H19ClN4O5S. The number of hydrogen-bond acceptors (Lipinski definition) is 7. The molecule has 1 aromatic heterocycles. The van der Waals surface area contributed by atoms with Crippen molar-refractivity contribution in [2.75, 3.05) is 14.9 Å². The van der Waals surface area contributed by atoms with Gasteiger partial charge in [0.1, 0.15) is 10.7 Å². The first-order valence-corrected chi connectivity index (χ1v) is 11.6. The maximum atomic E-state index is 12.9. The number of carbonyl (C=O) groups excluding carboxylic acids is 2. The van der Waals surface area contributed by atoms with Gasteiger partial charge in [0.2, 0.25) is 5.88 Å². The SMILES string of the molecule is Cc1cccc(N2C(=O)C(Cl)=C(Nc3ccc(S(=O)(=O)Nc4onc(C)c4C)cc3)C2=O)c1. The third-order valence-corrected chi connectivity index (χ3v) is 6.80. The molecule has 33 heavy (non-hydrogen) atoms. The molecule has 0 spiro atoms. The zero-order valence-electron chi connectivity index (χ0n) is 17.8. The van der Waals surface area contributed by atoms with Crippen LogP contribution in [0.5, 0.6) is 0 Å². The highest BCUT2D eigenvalue weighted by molar-refractivity contribution is 7.92. The molecule has 0 saturated heterocycles. The number of amides is 2. The Balaban J connectivity index is 1.53. The Morgan fingerprint density at radius 2 is 1.70 bits per heavy atom. The fourth-order valence-electron chi connectivity index (χ4n) is 3.17. The Labute approximate surface area is 195 Å². The summed E-state index contributed by atoms with van der Waals surface area (Å²) in [5, 5.41) is 6.29. The molecule has 0 fully saturated rings. The van der Waals surface area contributed by atoms with Crippen molar-refractivity contribution in [3.8, 4) is 0 Å². The number of benzene rings is 2. The monoisotopic (exact) mass is 486 g/mol. The second-order valence-electron chi connectivity index (χ2n) is 7.45. The fraction of sp³-hybridized carbons (Fsp3) is 0.136. The summed E-state index contributed by atoms with van der Waals surface area (Å²) in [5.74, 6) is -1.21. The van der Waals surface area contributed by atoms with E-state index in [9.17, 15) is 18.0 Å². The summed E-state index contributed by atoms with van der Waals surface area (Å²) >= 11 is 6.15. The third-order valence-electron chi connectivity index (χ3n) is 5.11. The highest BCUT2D eigenvalue weighted by atomic mass is 35.5. The van der Waals surface area contributed by atoms with E-state index in [1.54, 1.807) is 32.0 Å². The van der Waals surface area contributed by atoms with Gasteiger partial charge in [0.25, 0.3) is 21.8 Å². The topological polar surface area (TPSA) is 122 Å². The summed E-state index contributed by atoms with van der Waals surface area (Å²) in [6, 6.07) is 12.5. The van der Waals surface area contributed by atoms with E-state index in [-0.39, 0.29) is 21.5 Å². The smallest absolute Gasteiger partial charge is 0.283 e. The number of aromatic nitrogens is 1. The van der Waals surface area contributed by atoms with Crippen molar-refractivity contribution in [2.24, 2.45) is 0 Å². The lowest BCUT2D eigenvalue weighted by molar-refractivity contribution is -0.120. The van der Waals surface area contributed by atoms with E-state index >= 15 is 0 Å². The predicted molar refractivity (Wildman–Crippen MR) is 123 cm³/mol. The molecule has 0 saturated carbocycles. The van der Waals surface area contributed by atoms with Gasteiger partial charge in [0, 0.05) is 11.3 Å². The number of rotatable bonds is 6. The van der Waals surface area contributed by atoms with Crippen LogP contribution in [0.3, 0.4) is 0 Å². The molecular weight excluding hydrogens is 468 g/mol. The highest BCUT2D eigenvalue weighted by Crippen LogP contribution is 2.31. The Morgan fingerprint density at radius 3 is 2.30 bits per heavy atom. The minimum absolute atomic E-state index is 0.0307. The maximum absolute atomic E-state index is 12.9. The van der Waals surface area contributed by atoms with Gasteiger partial charge in [-0.3, -0.25) is 9.59 Å². The number of hydrogen-bond donors (Lipinski definition) is 2. The molecule has 0 radical (unpaired) electrons. The van der Waals surface area contributed by atoms with Gasteiger partial charge in [-0.2, -0.15) is 0 Å². The molecule has 4 rings (SSSR count). The van der Waals surface area contributed by atoms with Gasteiger partial charge in [-0.1, -0.05) is 28.9 Å². The number of aryl methyl sites for hydroxylation is 2. The van der Waals surface area contributed by atoms with Crippen molar-refractivity contribution >= 4 is 50.7 Å². The molecule has 0 unspecified atom stereocenters. The van der Waals surface area contributed by atoms with Crippen LogP contribution in [-0.2, 0) is 19.6 Å². The lowest BCUT2D eigenvalue weighted by Crippen LogP contribution is -2.32. The minimum Gasteiger partial charge on any atom is -0.350 e. The van der Waals surface area contributed by atoms with E-state index < -0.39 is 21.8 Å². The van der Waals surface area contributed by atoms with Gasteiger partial charge in [0.05, 0.1) is 16.3 Å². The van der Waals surface area contributed by atoms with Crippen LogP contribution in [0.15, 0.2) is 68.7 Å². The number of carbonyl (C=O) groups is 2. The lowest BCUT2D eigenvalue weighted by Gasteiger charge is -2.15. The first-order valence-electron chi connectivity index (χ1n) is 9.76. The second-order valence-corrected chi connectivity index (χ2v) is 9.51. The number of nitrogens with zero attached hydrogens (tertiary/aromatic N) is 2. The molecule has 1 aliphatic rings. The van der Waals surface area contributed by atoms with Crippen molar-refractivity contribution in [3.63, 3.8) is 0 Å². The van der Waals surface area contributed by atoms with Gasteiger partial charge >= 0.3 is 0 Å². The van der Waals surface area contributed by atoms with Crippen LogP contribution in [-0.4, -0.2) is 25.4 Å². The molecule has 0 atom stereocenters. The summed E-state index contributed by atoms with van der Waals surface area (Å²) < 4.78 is 32.6. The first kappa shape index (κ1) is 22.6. The molecule has 2 aromatic carbocycles. The quantitative estimate of drug-likeness (QED) is 0.507. The Morgan fingerprint density at radius 1 is 1.00 bits per heavy atom. The van der Waals surface area contributed by atoms with Crippen molar-refractivity contribution in [1.82, 2.24) is 5.16 Å². The van der Waals surface area contributed by atoms with E-state index in [2.05, 4.69) is 15.2 Å². The molecule has 9 nitrogen and oxygen atoms in total. The van der Waals surface area contributed by atoms with Crippen molar-refractivity contribution in [1.29, 1.82) is 0 Å². The van der Waals surface area contributed by atoms with Gasteiger partial charge in [-0.15, -0.1) is 0 Å². The molecule has 0 bridgehead atoms. The molecule has 2 amide bonds. The van der Waals surface area contributed by atoms with Crippen LogP contribution in [0.2, 0.25) is 0 Å². The number of nitrogens with one attached hydrogen (secondary N) is 2. The van der Waals surface area contributed by atoms with Crippen LogP contribution in [0, 0.1) is 20.8 Å². The highest BCUT2D eigenvalue weighted by Gasteiger charge is 2.39. The summed E-state index contributed by atoms with van der Waals surface area (Å²) in [6.45, 7) is 5.23. The summed E-state index contributed by atoms with van der Waals surface area (Å²) in [6.07, 6.45) is 0. The summed E-state index contributed by atoms with van der Waals surface area (Å²) in [5.41, 5.74) is 2.73. The van der Waals surface area contributed by atoms with E-state index in [4.69, 9.17) is 16.1 Å². The number of sulfonamides is 1. The zero-order valence-corrected chi connectivity index (χ0v) is 19.4. The summed E-state index contributed by atoms with van der Waals surface area (Å²) in [4.78, 5) is 26.4. The maximum Gasteiger partial charge on any atom is 0.283 e. The molecule has 3 aromatic rings. The van der Waals surface area contributed by atoms with E-state index in [1.807, 2.05) is 13.0 Å². The average molecular weight is 487 g/mol. The van der Waals surface area contributed by atoms with Gasteiger partial charge in [-0.25, -0.2) is 18.0 Å². The number of halogens is 1. The van der Waals surface area contributed by atoms with Crippen LogP contribution >= 0.6 is 11.6 Å². The second kappa shape index (κ2) is 8.38. The number of anilines is 3. The number of imide groups is 1. The van der Waals surface area contributed by atoms with Crippen molar-refractivity contribution in [3.05, 3.63) is 76.1 Å². The van der Waals surface area contributed by atoms with Crippen LogP contribution in [0.1, 0.15) is 16.8 Å². The third kappa shape index (κ3) is 4.22. The normalized spacial score (nSPS) is 14.2. The molecule has 2 heterocycles. The molecule has 11 heteroatoms. The minimum atomic E-state index is -3.92. The van der Waals surface area contributed by atoms with Crippen molar-refractivity contribution < 1.29 is 22.5 Å². The fourth-order valence-corrected chi connectivity index (χ4v) is 4.43. The Hall–Kier alpha value is -3.63. The molecule has 0 aliphatic carbocycles. The Bertz CT molecular complexity index is 1410. The molecule has 2 N–H and O–H groups in total. The predicted octanol–water partition coefficient (Wildman–Crippen LogP) is 3.84. The van der Waals surface area contributed by atoms with Gasteiger partial charge in [0.15, 0.2) is 0 Å². The Kier molecular flexibility index (Phi) is 5.73. The van der Waals surface area contributed by atoms with Gasteiger partial charge in [-0.05, 0) is 62.7 Å². The van der Waals surface area contributed by atoms with Crippen molar-refractivity contribution in [2.45, 2.75) is 25.7 Å². The van der Waals surface area contributed by atoms with E-state index in [1.165, 1.54) is 24.3 Å². The lowest BCUT2D eigenvalue weighted by atomic mass is 10.2. The van der Waals surface area contributed by atoms with Crippen LogP contribution in [0.25, 0.3) is 0 Å². The zero-order chi connectivity index (χ0) is 23.9.